The number of fused-ring (bicyclic) bond motifs is 1. The first-order valence-corrected chi connectivity index (χ1v) is 12.2. The number of rotatable bonds is 7. The normalized spacial score (nSPS) is 24.4. The molecule has 2 heterocycles. The molecule has 2 saturated carbocycles. The van der Waals surface area contributed by atoms with E-state index in [9.17, 15) is 18.0 Å². The Hall–Kier alpha value is -2.76. The van der Waals surface area contributed by atoms with Gasteiger partial charge in [0.2, 0.25) is 11.8 Å². The zero-order valence-corrected chi connectivity index (χ0v) is 19.9. The number of ether oxygens (including phenoxy) is 2. The Kier molecular flexibility index (Phi) is 7.14. The van der Waals surface area contributed by atoms with E-state index in [1.54, 1.807) is 24.3 Å². The third kappa shape index (κ3) is 6.13. The summed E-state index contributed by atoms with van der Waals surface area (Å²) in [6.45, 7) is 0.0484. The van der Waals surface area contributed by atoms with Crippen LogP contribution in [-0.2, 0) is 16.1 Å². The Morgan fingerprint density at radius 3 is 2.61 bits per heavy atom. The minimum absolute atomic E-state index is 0.0210. The van der Waals surface area contributed by atoms with Gasteiger partial charge >= 0.3 is 6.36 Å². The van der Waals surface area contributed by atoms with Crippen molar-refractivity contribution in [3.8, 4) is 0 Å². The third-order valence-electron chi connectivity index (χ3n) is 6.57. The molecule has 12 heteroatoms. The van der Waals surface area contributed by atoms with E-state index in [-0.39, 0.29) is 43.4 Å². The largest absolute Gasteiger partial charge is 0.522 e. The van der Waals surface area contributed by atoms with Crippen LogP contribution in [0.3, 0.4) is 0 Å². The number of carbonyl (C=O) groups is 1. The number of halogens is 4. The summed E-state index contributed by atoms with van der Waals surface area (Å²) in [6.07, 6.45) is -2.37. The summed E-state index contributed by atoms with van der Waals surface area (Å²) in [5, 5.41) is 12.7. The Balaban J connectivity index is 1.06. The first-order chi connectivity index (χ1) is 17.2. The SMILES string of the molecule is O=C(NC1CCC(c2nnc(COC3CC(OC(F)(F)F)C3)o2)CC1)c1ccc2cc(Cl)ccc2n1. The van der Waals surface area contributed by atoms with Gasteiger partial charge in [-0.05, 0) is 49.9 Å². The molecule has 0 aliphatic heterocycles. The highest BCUT2D eigenvalue weighted by Crippen LogP contribution is 2.34. The molecule has 0 spiro atoms. The lowest BCUT2D eigenvalue weighted by Gasteiger charge is -2.34. The van der Waals surface area contributed by atoms with Crippen LogP contribution >= 0.6 is 11.6 Å². The molecule has 2 fully saturated rings. The van der Waals surface area contributed by atoms with E-state index in [2.05, 4.69) is 25.2 Å². The van der Waals surface area contributed by atoms with Gasteiger partial charge in [0, 0.05) is 35.2 Å². The van der Waals surface area contributed by atoms with Gasteiger partial charge in [0.1, 0.15) is 12.3 Å². The number of nitrogens with zero attached hydrogens (tertiary/aromatic N) is 3. The predicted molar refractivity (Wildman–Crippen MR) is 122 cm³/mol. The first kappa shape index (κ1) is 24.9. The molecule has 0 bridgehead atoms. The molecule has 2 aromatic heterocycles. The van der Waals surface area contributed by atoms with Crippen LogP contribution in [0.2, 0.25) is 5.02 Å². The number of hydrogen-bond donors (Lipinski definition) is 1. The van der Waals surface area contributed by atoms with Crippen molar-refractivity contribution in [3.05, 3.63) is 52.8 Å². The standard InChI is InChI=1S/C24H24ClF3N4O4/c25-15-4-8-19-14(9-15)3-7-20(30-19)22(33)29-16-5-1-13(2-6-16)23-32-31-21(35-23)12-34-17-10-18(11-17)36-24(26,27)28/h3-4,7-9,13,16-18H,1-2,5-6,10-12H2,(H,29,33). The molecular formula is C24H24ClF3N4O4. The summed E-state index contributed by atoms with van der Waals surface area (Å²) < 4.78 is 51.8. The number of amides is 1. The molecule has 36 heavy (non-hydrogen) atoms. The average Bonchev–Trinajstić information content (AvgIpc) is 3.29. The summed E-state index contributed by atoms with van der Waals surface area (Å²) in [5.41, 5.74) is 1.06. The zero-order valence-electron chi connectivity index (χ0n) is 19.1. The van der Waals surface area contributed by atoms with Crippen molar-refractivity contribution in [2.24, 2.45) is 0 Å². The van der Waals surface area contributed by atoms with Crippen LogP contribution in [0, 0.1) is 0 Å². The van der Waals surface area contributed by atoms with Crippen molar-refractivity contribution in [1.82, 2.24) is 20.5 Å². The summed E-state index contributed by atoms with van der Waals surface area (Å²) in [4.78, 5) is 17.1. The fourth-order valence-corrected chi connectivity index (χ4v) is 4.77. The van der Waals surface area contributed by atoms with E-state index in [0.29, 0.717) is 28.0 Å². The summed E-state index contributed by atoms with van der Waals surface area (Å²) >= 11 is 6.00. The molecule has 0 unspecified atom stereocenters. The van der Waals surface area contributed by atoms with Gasteiger partial charge in [-0.15, -0.1) is 23.4 Å². The van der Waals surface area contributed by atoms with E-state index in [0.717, 1.165) is 31.1 Å². The monoisotopic (exact) mass is 524 g/mol. The number of nitrogens with one attached hydrogen (secondary N) is 1. The molecular weight excluding hydrogens is 501 g/mol. The first-order valence-electron chi connectivity index (χ1n) is 11.8. The lowest BCUT2D eigenvalue weighted by molar-refractivity contribution is -0.357. The van der Waals surface area contributed by atoms with Crippen LogP contribution in [0.5, 0.6) is 0 Å². The smallest absolute Gasteiger partial charge is 0.422 e. The summed E-state index contributed by atoms with van der Waals surface area (Å²) in [5.74, 6) is 0.673. The van der Waals surface area contributed by atoms with Gasteiger partial charge in [-0.25, -0.2) is 4.98 Å². The molecule has 8 nitrogen and oxygen atoms in total. The van der Waals surface area contributed by atoms with Gasteiger partial charge < -0.3 is 14.5 Å². The Morgan fingerprint density at radius 1 is 1.08 bits per heavy atom. The van der Waals surface area contributed by atoms with E-state index in [4.69, 9.17) is 20.8 Å². The number of aromatic nitrogens is 3. The van der Waals surface area contributed by atoms with Crippen molar-refractivity contribution < 1.29 is 31.9 Å². The van der Waals surface area contributed by atoms with Crippen LogP contribution in [0.15, 0.2) is 34.7 Å². The van der Waals surface area contributed by atoms with E-state index >= 15 is 0 Å². The lowest BCUT2D eigenvalue weighted by Crippen LogP contribution is -2.40. The van der Waals surface area contributed by atoms with Gasteiger partial charge in [0.15, 0.2) is 0 Å². The molecule has 1 amide bonds. The van der Waals surface area contributed by atoms with Crippen molar-refractivity contribution in [3.63, 3.8) is 0 Å². The molecule has 1 aromatic carbocycles. The van der Waals surface area contributed by atoms with Crippen LogP contribution in [0.25, 0.3) is 10.9 Å². The molecule has 2 aliphatic rings. The van der Waals surface area contributed by atoms with Gasteiger partial charge in [-0.3, -0.25) is 9.53 Å². The topological polar surface area (TPSA) is 99.4 Å². The van der Waals surface area contributed by atoms with Crippen LogP contribution < -0.4 is 5.32 Å². The van der Waals surface area contributed by atoms with E-state index < -0.39 is 12.5 Å². The van der Waals surface area contributed by atoms with Gasteiger partial charge in [0.25, 0.3) is 5.91 Å². The second-order valence-electron chi connectivity index (χ2n) is 9.18. The Bertz CT molecular complexity index is 1220. The summed E-state index contributed by atoms with van der Waals surface area (Å²) in [7, 11) is 0. The second kappa shape index (κ2) is 10.3. The highest BCUT2D eigenvalue weighted by Gasteiger charge is 2.40. The molecule has 3 aromatic rings. The van der Waals surface area contributed by atoms with Gasteiger partial charge in [-0.2, -0.15) is 0 Å². The number of hydrogen-bond acceptors (Lipinski definition) is 7. The van der Waals surface area contributed by atoms with E-state index in [1.165, 1.54) is 0 Å². The summed E-state index contributed by atoms with van der Waals surface area (Å²) in [6, 6.07) is 8.87. The lowest BCUT2D eigenvalue weighted by atomic mass is 9.86. The quantitative estimate of drug-likeness (QED) is 0.447. The molecule has 2 aliphatic carbocycles. The Labute approximate surface area is 209 Å². The number of benzene rings is 1. The molecule has 1 N–H and O–H groups in total. The van der Waals surface area contributed by atoms with Gasteiger partial charge in [-0.1, -0.05) is 17.7 Å². The van der Waals surface area contributed by atoms with Gasteiger partial charge in [0.05, 0.1) is 17.7 Å². The molecule has 0 atom stereocenters. The second-order valence-corrected chi connectivity index (χ2v) is 9.62. The molecule has 0 saturated heterocycles. The van der Waals surface area contributed by atoms with E-state index in [1.807, 2.05) is 6.07 Å². The molecule has 192 valence electrons. The zero-order chi connectivity index (χ0) is 25.3. The van der Waals surface area contributed by atoms with Crippen molar-refractivity contribution in [2.75, 3.05) is 0 Å². The highest BCUT2D eigenvalue weighted by molar-refractivity contribution is 6.31. The molecule has 5 rings (SSSR count). The highest BCUT2D eigenvalue weighted by atomic mass is 35.5. The maximum atomic E-state index is 12.7. The average molecular weight is 525 g/mol. The Morgan fingerprint density at radius 2 is 1.86 bits per heavy atom. The fourth-order valence-electron chi connectivity index (χ4n) is 4.58. The van der Waals surface area contributed by atoms with Crippen LogP contribution in [0.4, 0.5) is 13.2 Å². The van der Waals surface area contributed by atoms with Crippen molar-refractivity contribution >= 4 is 28.4 Å². The predicted octanol–water partition coefficient (Wildman–Crippen LogP) is 5.31. The number of pyridine rings is 1. The number of carbonyl (C=O) groups excluding carboxylic acids is 1. The minimum atomic E-state index is -4.62. The third-order valence-corrected chi connectivity index (χ3v) is 6.81. The van der Waals surface area contributed by atoms with Crippen molar-refractivity contribution in [1.29, 1.82) is 0 Å². The van der Waals surface area contributed by atoms with Crippen LogP contribution in [-0.4, -0.2) is 45.7 Å². The maximum absolute atomic E-state index is 12.7. The van der Waals surface area contributed by atoms with Crippen molar-refractivity contribution in [2.45, 2.75) is 75.7 Å². The molecule has 0 radical (unpaired) electrons. The minimum Gasteiger partial charge on any atom is -0.422 e. The fraction of sp³-hybridized carbons (Fsp3) is 0.500. The number of alkyl halides is 3. The maximum Gasteiger partial charge on any atom is 0.522 e. The van der Waals surface area contributed by atoms with Crippen LogP contribution in [0.1, 0.15) is 66.7 Å².